The molecule has 2 aliphatic heterocycles. The summed E-state index contributed by atoms with van der Waals surface area (Å²) in [5, 5.41) is 0.492. The Morgan fingerprint density at radius 3 is 2.59 bits per heavy atom. The number of rotatable bonds is 2. The average molecular weight is 414 g/mol. The van der Waals surface area contributed by atoms with E-state index in [0.717, 1.165) is 11.1 Å². The smallest absolute Gasteiger partial charge is 0.257 e. The van der Waals surface area contributed by atoms with Crippen LogP contribution in [-0.2, 0) is 0 Å². The van der Waals surface area contributed by atoms with Crippen molar-refractivity contribution < 1.29 is 19.1 Å². The van der Waals surface area contributed by atoms with Crippen LogP contribution in [0.5, 0.6) is 11.5 Å². The van der Waals surface area contributed by atoms with Gasteiger partial charge in [-0.2, -0.15) is 0 Å². The number of methoxy groups -OCH3 is 1. The number of hydrogen-bond donors (Lipinski definition) is 0. The van der Waals surface area contributed by atoms with Crippen molar-refractivity contribution >= 4 is 23.3 Å². The molecule has 0 aliphatic carbocycles. The number of carbonyl (C=O) groups is 2. The zero-order valence-electron chi connectivity index (χ0n) is 16.9. The van der Waals surface area contributed by atoms with Gasteiger partial charge in [0.2, 0.25) is 0 Å². The fourth-order valence-corrected chi connectivity index (χ4v) is 4.37. The number of Topliss-reactive ketones (excluding diaryl/α,β-unsaturated/α-hetero) is 1. The molecule has 152 valence electrons. The Bertz CT molecular complexity index is 993. The number of halogens is 1. The normalized spacial score (nSPS) is 17.7. The summed E-state index contributed by atoms with van der Waals surface area (Å²) in [5.74, 6) is 1.21. The molecule has 1 amide bonds. The summed E-state index contributed by atoms with van der Waals surface area (Å²) >= 11 is 6.08. The van der Waals surface area contributed by atoms with Crippen LogP contribution < -0.4 is 9.47 Å². The van der Waals surface area contributed by atoms with Gasteiger partial charge in [-0.05, 0) is 49.2 Å². The van der Waals surface area contributed by atoms with Crippen molar-refractivity contribution in [1.29, 1.82) is 0 Å². The second-order valence-corrected chi connectivity index (χ2v) is 8.34. The van der Waals surface area contributed by atoms with Gasteiger partial charge in [0.15, 0.2) is 5.78 Å². The first-order valence-electron chi connectivity index (χ1n) is 9.79. The molecule has 0 atom stereocenters. The molecule has 6 heteroatoms. The molecule has 0 N–H and O–H groups in total. The molecule has 0 bridgehead atoms. The third kappa shape index (κ3) is 3.48. The zero-order chi connectivity index (χ0) is 20.8. The van der Waals surface area contributed by atoms with Gasteiger partial charge in [0.25, 0.3) is 5.91 Å². The highest BCUT2D eigenvalue weighted by Crippen LogP contribution is 2.42. The number of benzene rings is 2. The summed E-state index contributed by atoms with van der Waals surface area (Å²) < 4.78 is 11.8. The highest BCUT2D eigenvalue weighted by molar-refractivity contribution is 6.31. The first kappa shape index (κ1) is 19.8. The fraction of sp³-hybridized carbons (Fsp3) is 0.391. The summed E-state index contributed by atoms with van der Waals surface area (Å²) in [6, 6.07) is 8.86. The molecule has 0 unspecified atom stereocenters. The van der Waals surface area contributed by atoms with E-state index >= 15 is 0 Å². The highest BCUT2D eigenvalue weighted by Gasteiger charge is 2.44. The number of likely N-dealkylation sites (tertiary alicyclic amines) is 1. The molecule has 2 aliphatic rings. The summed E-state index contributed by atoms with van der Waals surface area (Å²) in [6.07, 6.45) is 1.57. The van der Waals surface area contributed by atoms with Crippen LogP contribution in [0.2, 0.25) is 5.02 Å². The standard InChI is InChI=1S/C23H24ClNO4/c1-14-4-6-17-19(26)13-23(29-21(17)15(14)2)8-10-25(11-9-23)22(27)18-12-16(24)5-7-20(18)28-3/h4-7,12H,8-11,13H2,1-3H3. The molecule has 0 aromatic heterocycles. The van der Waals surface area contributed by atoms with Crippen LogP contribution in [0.25, 0.3) is 0 Å². The van der Waals surface area contributed by atoms with E-state index in [1.54, 1.807) is 23.1 Å². The van der Waals surface area contributed by atoms with E-state index in [1.807, 2.05) is 26.0 Å². The molecule has 0 saturated carbocycles. The van der Waals surface area contributed by atoms with Gasteiger partial charge >= 0.3 is 0 Å². The Morgan fingerprint density at radius 1 is 1.17 bits per heavy atom. The third-order valence-electron chi connectivity index (χ3n) is 6.13. The quantitative estimate of drug-likeness (QED) is 0.721. The van der Waals surface area contributed by atoms with Gasteiger partial charge in [0, 0.05) is 31.0 Å². The Hall–Kier alpha value is -2.53. The van der Waals surface area contributed by atoms with Crippen LogP contribution in [-0.4, -0.2) is 42.4 Å². The first-order chi connectivity index (χ1) is 13.8. The van der Waals surface area contributed by atoms with Gasteiger partial charge in [0.1, 0.15) is 17.1 Å². The fourth-order valence-electron chi connectivity index (χ4n) is 4.20. The lowest BCUT2D eigenvalue weighted by Gasteiger charge is -2.44. The van der Waals surface area contributed by atoms with Crippen molar-refractivity contribution in [2.24, 2.45) is 0 Å². The van der Waals surface area contributed by atoms with Gasteiger partial charge < -0.3 is 14.4 Å². The molecule has 2 aromatic carbocycles. The van der Waals surface area contributed by atoms with Crippen molar-refractivity contribution in [1.82, 2.24) is 4.90 Å². The molecular formula is C23H24ClNO4. The van der Waals surface area contributed by atoms with E-state index < -0.39 is 5.60 Å². The number of ether oxygens (including phenoxy) is 2. The molecule has 1 spiro atoms. The average Bonchev–Trinajstić information content (AvgIpc) is 2.71. The van der Waals surface area contributed by atoms with Crippen LogP contribution in [0.4, 0.5) is 0 Å². The zero-order valence-corrected chi connectivity index (χ0v) is 17.6. The maximum atomic E-state index is 13.0. The van der Waals surface area contributed by atoms with Crippen LogP contribution in [0.15, 0.2) is 30.3 Å². The van der Waals surface area contributed by atoms with Crippen molar-refractivity contribution in [3.8, 4) is 11.5 Å². The summed E-state index contributed by atoms with van der Waals surface area (Å²) in [7, 11) is 1.54. The number of amides is 1. The molecule has 5 nitrogen and oxygen atoms in total. The Labute approximate surface area is 175 Å². The van der Waals surface area contributed by atoms with Crippen LogP contribution in [0.3, 0.4) is 0 Å². The Morgan fingerprint density at radius 2 is 1.90 bits per heavy atom. The third-order valence-corrected chi connectivity index (χ3v) is 6.37. The van der Waals surface area contributed by atoms with E-state index in [4.69, 9.17) is 21.1 Å². The minimum atomic E-state index is -0.544. The van der Waals surface area contributed by atoms with Crippen molar-refractivity contribution in [2.75, 3.05) is 20.2 Å². The lowest BCUT2D eigenvalue weighted by molar-refractivity contribution is -0.00625. The lowest BCUT2D eigenvalue weighted by atomic mass is 9.81. The van der Waals surface area contributed by atoms with Gasteiger partial charge in [-0.15, -0.1) is 0 Å². The number of aryl methyl sites for hydroxylation is 1. The molecule has 2 aromatic rings. The van der Waals surface area contributed by atoms with Crippen molar-refractivity contribution in [3.63, 3.8) is 0 Å². The SMILES string of the molecule is COc1ccc(Cl)cc1C(=O)N1CCC2(CC1)CC(=O)c1ccc(C)c(C)c1O2. The van der Waals surface area contributed by atoms with E-state index in [2.05, 4.69) is 0 Å². The lowest BCUT2D eigenvalue weighted by Crippen LogP contribution is -2.52. The molecule has 1 fully saturated rings. The minimum absolute atomic E-state index is 0.116. The molecular weight excluding hydrogens is 390 g/mol. The first-order valence-corrected chi connectivity index (χ1v) is 10.2. The number of fused-ring (bicyclic) bond motifs is 1. The van der Waals surface area contributed by atoms with Crippen molar-refractivity contribution in [3.05, 3.63) is 57.6 Å². The number of hydrogen-bond acceptors (Lipinski definition) is 4. The monoisotopic (exact) mass is 413 g/mol. The second kappa shape index (κ2) is 7.38. The largest absolute Gasteiger partial charge is 0.496 e. The van der Waals surface area contributed by atoms with Crippen LogP contribution in [0.1, 0.15) is 51.1 Å². The van der Waals surface area contributed by atoms with Crippen molar-refractivity contribution in [2.45, 2.75) is 38.7 Å². The Kier molecular flexibility index (Phi) is 5.03. The predicted molar refractivity (Wildman–Crippen MR) is 111 cm³/mol. The Balaban J connectivity index is 1.54. The minimum Gasteiger partial charge on any atom is -0.496 e. The predicted octanol–water partition coefficient (Wildman–Crippen LogP) is 4.61. The second-order valence-electron chi connectivity index (χ2n) is 7.91. The van der Waals surface area contributed by atoms with E-state index in [9.17, 15) is 9.59 Å². The van der Waals surface area contributed by atoms with E-state index in [0.29, 0.717) is 60.0 Å². The molecule has 0 radical (unpaired) electrons. The highest BCUT2D eigenvalue weighted by atomic mass is 35.5. The summed E-state index contributed by atoms with van der Waals surface area (Å²) in [5.41, 5.74) is 2.69. The summed E-state index contributed by atoms with van der Waals surface area (Å²) in [6.45, 7) is 5.04. The summed E-state index contributed by atoms with van der Waals surface area (Å²) in [4.78, 5) is 27.6. The van der Waals surface area contributed by atoms with Crippen LogP contribution in [0, 0.1) is 13.8 Å². The topological polar surface area (TPSA) is 55.8 Å². The number of piperidine rings is 1. The maximum Gasteiger partial charge on any atom is 0.257 e. The van der Waals surface area contributed by atoms with Gasteiger partial charge in [-0.1, -0.05) is 17.7 Å². The van der Waals surface area contributed by atoms with E-state index in [1.165, 1.54) is 7.11 Å². The van der Waals surface area contributed by atoms with Gasteiger partial charge in [0.05, 0.1) is 24.7 Å². The number of nitrogens with zero attached hydrogens (tertiary/aromatic N) is 1. The van der Waals surface area contributed by atoms with Crippen LogP contribution >= 0.6 is 11.6 Å². The molecule has 29 heavy (non-hydrogen) atoms. The van der Waals surface area contributed by atoms with Gasteiger partial charge in [-0.25, -0.2) is 0 Å². The van der Waals surface area contributed by atoms with E-state index in [-0.39, 0.29) is 11.7 Å². The van der Waals surface area contributed by atoms with Gasteiger partial charge in [-0.3, -0.25) is 9.59 Å². The number of ketones is 1. The maximum absolute atomic E-state index is 13.0. The molecule has 1 saturated heterocycles. The number of carbonyl (C=O) groups excluding carboxylic acids is 2. The molecule has 2 heterocycles. The molecule has 4 rings (SSSR count).